The number of aromatic nitrogens is 3. The number of benzene rings is 1. The van der Waals surface area contributed by atoms with Crippen LogP contribution in [0.2, 0.25) is 0 Å². The van der Waals surface area contributed by atoms with Gasteiger partial charge in [-0.1, -0.05) is 25.5 Å². The molecule has 0 saturated heterocycles. The van der Waals surface area contributed by atoms with Gasteiger partial charge in [-0.05, 0) is 44.0 Å². The Morgan fingerprint density at radius 1 is 1.15 bits per heavy atom. The lowest BCUT2D eigenvalue weighted by atomic mass is 10.1. The van der Waals surface area contributed by atoms with Crippen LogP contribution in [-0.4, -0.2) is 29.7 Å². The number of nitrogens with zero attached hydrogens (tertiary/aromatic N) is 3. The topological polar surface area (TPSA) is 76.9 Å². The van der Waals surface area contributed by atoms with Crippen molar-refractivity contribution in [3.63, 3.8) is 0 Å². The number of sulfonamides is 1. The molecule has 3 aromatic rings. The zero-order valence-electron chi connectivity index (χ0n) is 15.8. The molecule has 2 aromatic heterocycles. The van der Waals surface area contributed by atoms with Crippen LogP contribution in [0.25, 0.3) is 5.13 Å². The van der Waals surface area contributed by atoms with E-state index >= 15 is 0 Å². The lowest BCUT2D eigenvalue weighted by Gasteiger charge is -2.07. The Morgan fingerprint density at radius 2 is 1.89 bits per heavy atom. The van der Waals surface area contributed by atoms with E-state index in [-0.39, 0.29) is 0 Å². The molecule has 0 saturated carbocycles. The Morgan fingerprint density at radius 3 is 2.52 bits per heavy atom. The van der Waals surface area contributed by atoms with E-state index in [1.54, 1.807) is 12.1 Å². The van der Waals surface area contributed by atoms with E-state index in [4.69, 9.17) is 0 Å². The van der Waals surface area contributed by atoms with Crippen molar-refractivity contribution in [3.8, 4) is 5.13 Å². The van der Waals surface area contributed by atoms with Crippen LogP contribution in [0, 0.1) is 13.8 Å². The highest BCUT2D eigenvalue weighted by Crippen LogP contribution is 2.17. The smallest absolute Gasteiger partial charge is 0.223 e. The highest BCUT2D eigenvalue weighted by atomic mass is 32.2. The van der Waals surface area contributed by atoms with Gasteiger partial charge < -0.3 is 0 Å². The molecule has 3 rings (SSSR count). The molecule has 27 heavy (non-hydrogen) atoms. The molecule has 0 fully saturated rings. The second-order valence-corrected chi connectivity index (χ2v) is 9.11. The first-order valence-corrected chi connectivity index (χ1v) is 11.3. The van der Waals surface area contributed by atoms with Gasteiger partial charge in [0.25, 0.3) is 0 Å². The fraction of sp³-hybridized carbons (Fsp3) is 0.368. The molecule has 6 nitrogen and oxygen atoms in total. The molecule has 8 heteroatoms. The minimum absolute atomic E-state index is 0.295. The van der Waals surface area contributed by atoms with Gasteiger partial charge in [0, 0.05) is 24.0 Å². The Balaban J connectivity index is 1.60. The summed E-state index contributed by atoms with van der Waals surface area (Å²) in [6.07, 6.45) is 2.52. The summed E-state index contributed by atoms with van der Waals surface area (Å²) < 4.78 is 29.3. The third-order valence-electron chi connectivity index (χ3n) is 4.18. The van der Waals surface area contributed by atoms with Crippen molar-refractivity contribution in [1.82, 2.24) is 19.5 Å². The number of hydrogen-bond donors (Lipinski definition) is 1. The van der Waals surface area contributed by atoms with Crippen LogP contribution >= 0.6 is 11.3 Å². The second-order valence-electron chi connectivity index (χ2n) is 6.50. The molecule has 144 valence electrons. The van der Waals surface area contributed by atoms with Gasteiger partial charge in [0.15, 0.2) is 0 Å². The zero-order chi connectivity index (χ0) is 19.4. The van der Waals surface area contributed by atoms with Crippen LogP contribution in [0.15, 0.2) is 40.6 Å². The predicted molar refractivity (Wildman–Crippen MR) is 108 cm³/mol. The van der Waals surface area contributed by atoms with Crippen LogP contribution in [0.3, 0.4) is 0 Å². The Bertz CT molecular complexity index is 1000. The van der Waals surface area contributed by atoms with Crippen molar-refractivity contribution in [2.24, 2.45) is 0 Å². The van der Waals surface area contributed by atoms with Gasteiger partial charge >= 0.3 is 0 Å². The van der Waals surface area contributed by atoms with E-state index in [0.717, 1.165) is 40.6 Å². The minimum atomic E-state index is -3.50. The molecule has 0 bridgehead atoms. The lowest BCUT2D eigenvalue weighted by Crippen LogP contribution is -2.26. The summed E-state index contributed by atoms with van der Waals surface area (Å²) in [5, 5.41) is 7.17. The zero-order valence-corrected chi connectivity index (χ0v) is 17.4. The summed E-state index contributed by atoms with van der Waals surface area (Å²) >= 11 is 1.50. The van der Waals surface area contributed by atoms with Gasteiger partial charge in [0.05, 0.1) is 16.3 Å². The third kappa shape index (κ3) is 4.82. The summed E-state index contributed by atoms with van der Waals surface area (Å²) in [7, 11) is -3.50. The van der Waals surface area contributed by atoms with Crippen molar-refractivity contribution >= 4 is 21.4 Å². The minimum Gasteiger partial charge on any atom is -0.223 e. The van der Waals surface area contributed by atoms with Crippen LogP contribution in [0.5, 0.6) is 0 Å². The van der Waals surface area contributed by atoms with Crippen LogP contribution in [0.4, 0.5) is 0 Å². The van der Waals surface area contributed by atoms with Crippen molar-refractivity contribution in [1.29, 1.82) is 0 Å². The van der Waals surface area contributed by atoms with E-state index in [2.05, 4.69) is 21.7 Å². The molecule has 0 atom stereocenters. The summed E-state index contributed by atoms with van der Waals surface area (Å²) in [4.78, 5) is 4.86. The summed E-state index contributed by atoms with van der Waals surface area (Å²) in [6, 6.07) is 9.08. The normalized spacial score (nSPS) is 11.8. The molecular weight excluding hydrogens is 380 g/mol. The van der Waals surface area contributed by atoms with Crippen molar-refractivity contribution in [2.75, 3.05) is 6.54 Å². The molecule has 0 spiro atoms. The fourth-order valence-corrected chi connectivity index (χ4v) is 4.75. The molecular formula is C19H24N4O2S2. The maximum Gasteiger partial charge on any atom is 0.240 e. The summed E-state index contributed by atoms with van der Waals surface area (Å²) in [5.74, 6) is 0. The van der Waals surface area contributed by atoms with E-state index in [0.29, 0.717) is 17.9 Å². The maximum atomic E-state index is 12.4. The van der Waals surface area contributed by atoms with Crippen LogP contribution < -0.4 is 4.72 Å². The molecule has 0 aliphatic carbocycles. The van der Waals surface area contributed by atoms with Gasteiger partial charge in [-0.15, -0.1) is 11.3 Å². The van der Waals surface area contributed by atoms with Gasteiger partial charge in [-0.25, -0.2) is 22.8 Å². The van der Waals surface area contributed by atoms with E-state index < -0.39 is 10.0 Å². The number of aryl methyl sites for hydroxylation is 3. The molecule has 1 N–H and O–H groups in total. The number of hydrogen-bond acceptors (Lipinski definition) is 5. The quantitative estimate of drug-likeness (QED) is 0.624. The summed E-state index contributed by atoms with van der Waals surface area (Å²) in [6.45, 7) is 6.34. The van der Waals surface area contributed by atoms with E-state index in [1.165, 1.54) is 11.3 Å². The Kier molecular flexibility index (Phi) is 6.08. The average Bonchev–Trinajstić information content (AvgIpc) is 3.21. The first-order chi connectivity index (χ1) is 12.9. The Hall–Kier alpha value is -2.03. The molecule has 0 unspecified atom stereocenters. The van der Waals surface area contributed by atoms with Crippen molar-refractivity contribution in [2.45, 2.75) is 44.9 Å². The van der Waals surface area contributed by atoms with Gasteiger partial charge in [-0.3, -0.25) is 0 Å². The Labute approximate surface area is 164 Å². The standard InChI is InChI=1S/C19H24N4O2S2/c1-4-5-16-6-8-18(9-7-16)27(24,25)20-11-10-17-13-26-19(21-17)23-15(3)12-14(2)22-23/h6-9,12-13,20H,4-5,10-11H2,1-3H3. The fourth-order valence-electron chi connectivity index (χ4n) is 2.85. The number of thiazole rings is 1. The number of nitrogens with one attached hydrogen (secondary N) is 1. The molecule has 2 heterocycles. The SMILES string of the molecule is CCCc1ccc(S(=O)(=O)NCCc2csc(-n3nc(C)cc3C)n2)cc1. The molecule has 0 aliphatic rings. The lowest BCUT2D eigenvalue weighted by molar-refractivity contribution is 0.581. The van der Waals surface area contributed by atoms with E-state index in [1.807, 2.05) is 42.1 Å². The third-order valence-corrected chi connectivity index (χ3v) is 6.52. The van der Waals surface area contributed by atoms with Crippen molar-refractivity contribution < 1.29 is 8.42 Å². The first kappa shape index (κ1) is 19.7. The molecule has 0 amide bonds. The van der Waals surface area contributed by atoms with Gasteiger partial charge in [0.2, 0.25) is 15.2 Å². The van der Waals surface area contributed by atoms with Gasteiger partial charge in [0.1, 0.15) is 0 Å². The molecule has 1 aromatic carbocycles. The largest absolute Gasteiger partial charge is 0.240 e. The van der Waals surface area contributed by atoms with Crippen LogP contribution in [0.1, 0.15) is 36.0 Å². The number of rotatable bonds is 8. The van der Waals surface area contributed by atoms with Crippen LogP contribution in [-0.2, 0) is 22.9 Å². The monoisotopic (exact) mass is 404 g/mol. The second kappa shape index (κ2) is 8.33. The van der Waals surface area contributed by atoms with Crippen molar-refractivity contribution in [3.05, 3.63) is 58.4 Å². The summed E-state index contributed by atoms with van der Waals surface area (Å²) in [5.41, 5.74) is 3.97. The molecule has 0 radical (unpaired) electrons. The highest BCUT2D eigenvalue weighted by molar-refractivity contribution is 7.89. The maximum absolute atomic E-state index is 12.4. The van der Waals surface area contributed by atoms with E-state index in [9.17, 15) is 8.42 Å². The highest BCUT2D eigenvalue weighted by Gasteiger charge is 2.14. The van der Waals surface area contributed by atoms with Gasteiger partial charge in [-0.2, -0.15) is 5.10 Å². The average molecular weight is 405 g/mol. The predicted octanol–water partition coefficient (Wildman–Crippen LogP) is 3.42. The molecule has 0 aliphatic heterocycles. The first-order valence-electron chi connectivity index (χ1n) is 8.95.